The smallest absolute Gasteiger partial charge is 0.247 e. The van der Waals surface area contributed by atoms with E-state index in [9.17, 15) is 4.79 Å². The maximum atomic E-state index is 12.7. The fourth-order valence-electron chi connectivity index (χ4n) is 2.92. The third-order valence-corrected chi connectivity index (χ3v) is 4.24. The molecule has 2 aromatic rings. The lowest BCUT2D eigenvalue weighted by atomic mass is 10.0. The van der Waals surface area contributed by atoms with Crippen molar-refractivity contribution in [3.63, 3.8) is 0 Å². The second-order valence-electron chi connectivity index (χ2n) is 5.77. The molecule has 0 saturated carbocycles. The van der Waals surface area contributed by atoms with Crippen LogP contribution in [0.5, 0.6) is 5.75 Å². The number of rotatable bonds is 4. The van der Waals surface area contributed by atoms with E-state index >= 15 is 0 Å². The van der Waals surface area contributed by atoms with Crippen molar-refractivity contribution in [2.75, 3.05) is 26.7 Å². The molecule has 1 atom stereocenters. The summed E-state index contributed by atoms with van der Waals surface area (Å²) < 4.78 is 5.21. The molecule has 4 heteroatoms. The normalized spacial score (nSPS) is 17.9. The molecule has 0 aromatic heterocycles. The number of nitrogens with one attached hydrogen (secondary N) is 1. The molecule has 124 valence electrons. The third kappa shape index (κ3) is 3.84. The van der Waals surface area contributed by atoms with E-state index in [1.54, 1.807) is 13.2 Å². The maximum Gasteiger partial charge on any atom is 0.247 e. The Morgan fingerprint density at radius 1 is 1.17 bits per heavy atom. The van der Waals surface area contributed by atoms with Crippen LogP contribution in [0.25, 0.3) is 6.08 Å². The molecular weight excluding hydrogens is 300 g/mol. The Hall–Kier alpha value is -2.59. The van der Waals surface area contributed by atoms with Crippen LogP contribution in [0.1, 0.15) is 17.2 Å². The number of piperazine rings is 1. The molecule has 1 aliphatic rings. The fourth-order valence-corrected chi connectivity index (χ4v) is 2.92. The average molecular weight is 322 g/mol. The second kappa shape index (κ2) is 7.79. The summed E-state index contributed by atoms with van der Waals surface area (Å²) in [6, 6.07) is 17.8. The van der Waals surface area contributed by atoms with E-state index in [4.69, 9.17) is 4.74 Å². The summed E-state index contributed by atoms with van der Waals surface area (Å²) >= 11 is 0. The van der Waals surface area contributed by atoms with E-state index in [0.717, 1.165) is 30.0 Å². The van der Waals surface area contributed by atoms with Crippen molar-refractivity contribution in [1.82, 2.24) is 10.2 Å². The van der Waals surface area contributed by atoms with Gasteiger partial charge in [0.15, 0.2) is 0 Å². The molecule has 1 aliphatic heterocycles. The Labute approximate surface area is 142 Å². The lowest BCUT2D eigenvalue weighted by Crippen LogP contribution is -2.48. The molecule has 0 bridgehead atoms. The molecule has 1 fully saturated rings. The van der Waals surface area contributed by atoms with Crippen LogP contribution in [-0.4, -0.2) is 37.6 Å². The molecule has 1 N–H and O–H groups in total. The molecule has 1 heterocycles. The number of benzene rings is 2. The van der Waals surface area contributed by atoms with Crippen molar-refractivity contribution >= 4 is 12.0 Å². The Kier molecular flexibility index (Phi) is 5.29. The molecule has 0 spiro atoms. The molecule has 2 aromatic carbocycles. The molecule has 3 rings (SSSR count). The van der Waals surface area contributed by atoms with Crippen molar-refractivity contribution in [3.05, 3.63) is 71.8 Å². The van der Waals surface area contributed by atoms with E-state index in [1.807, 2.05) is 65.6 Å². The summed E-state index contributed by atoms with van der Waals surface area (Å²) in [6.07, 6.45) is 3.53. The van der Waals surface area contributed by atoms with Crippen LogP contribution in [0.2, 0.25) is 0 Å². The van der Waals surface area contributed by atoms with Gasteiger partial charge >= 0.3 is 0 Å². The van der Waals surface area contributed by atoms with Crippen LogP contribution in [-0.2, 0) is 4.79 Å². The first-order valence-electron chi connectivity index (χ1n) is 8.16. The van der Waals surface area contributed by atoms with Crippen molar-refractivity contribution in [2.24, 2.45) is 0 Å². The van der Waals surface area contributed by atoms with E-state index in [2.05, 4.69) is 5.32 Å². The Morgan fingerprint density at radius 3 is 2.62 bits per heavy atom. The Bertz CT molecular complexity index is 695. The minimum atomic E-state index is 0.0394. The summed E-state index contributed by atoms with van der Waals surface area (Å²) in [6.45, 7) is 2.28. The van der Waals surface area contributed by atoms with Crippen LogP contribution >= 0.6 is 0 Å². The molecule has 1 unspecified atom stereocenters. The molecule has 0 aliphatic carbocycles. The zero-order chi connectivity index (χ0) is 16.8. The molecule has 1 amide bonds. The highest BCUT2D eigenvalue weighted by atomic mass is 16.5. The fraction of sp³-hybridized carbons (Fsp3) is 0.250. The van der Waals surface area contributed by atoms with Gasteiger partial charge < -0.3 is 15.0 Å². The van der Waals surface area contributed by atoms with E-state index < -0.39 is 0 Å². The van der Waals surface area contributed by atoms with Gasteiger partial charge in [0.1, 0.15) is 5.75 Å². The number of hydrogen-bond donors (Lipinski definition) is 1. The maximum absolute atomic E-state index is 12.7. The first-order valence-corrected chi connectivity index (χ1v) is 8.16. The van der Waals surface area contributed by atoms with Crippen LogP contribution in [0.3, 0.4) is 0 Å². The summed E-state index contributed by atoms with van der Waals surface area (Å²) in [7, 11) is 1.65. The van der Waals surface area contributed by atoms with Crippen molar-refractivity contribution in [1.29, 1.82) is 0 Å². The van der Waals surface area contributed by atoms with Crippen LogP contribution in [0.15, 0.2) is 60.7 Å². The number of ether oxygens (including phenoxy) is 1. The Balaban J connectivity index is 1.76. The highest BCUT2D eigenvalue weighted by molar-refractivity contribution is 5.92. The third-order valence-electron chi connectivity index (χ3n) is 4.24. The van der Waals surface area contributed by atoms with E-state index in [1.165, 1.54) is 0 Å². The SMILES string of the molecule is COc1ccc(C2CNCCN2C(=O)C=Cc2ccccc2)cc1. The number of nitrogens with zero attached hydrogens (tertiary/aromatic N) is 1. The standard InChI is InChI=1S/C20H22N2O2/c1-24-18-10-8-17(9-11-18)19-15-21-13-14-22(19)20(23)12-7-16-5-3-2-4-6-16/h2-12,19,21H,13-15H2,1H3. The number of methoxy groups -OCH3 is 1. The minimum absolute atomic E-state index is 0.0394. The average Bonchev–Trinajstić information content (AvgIpc) is 2.67. The lowest BCUT2D eigenvalue weighted by Gasteiger charge is -2.36. The van der Waals surface area contributed by atoms with Crippen molar-refractivity contribution in [3.8, 4) is 5.75 Å². The Morgan fingerprint density at radius 2 is 1.92 bits per heavy atom. The summed E-state index contributed by atoms with van der Waals surface area (Å²) in [5.41, 5.74) is 2.14. The lowest BCUT2D eigenvalue weighted by molar-refractivity contribution is -0.129. The monoisotopic (exact) mass is 322 g/mol. The highest BCUT2D eigenvalue weighted by Crippen LogP contribution is 2.24. The highest BCUT2D eigenvalue weighted by Gasteiger charge is 2.26. The summed E-state index contributed by atoms with van der Waals surface area (Å²) in [5, 5.41) is 3.37. The molecule has 24 heavy (non-hydrogen) atoms. The zero-order valence-electron chi connectivity index (χ0n) is 13.8. The summed E-state index contributed by atoms with van der Waals surface area (Å²) in [5.74, 6) is 0.866. The van der Waals surface area contributed by atoms with Gasteiger partial charge in [0, 0.05) is 25.7 Å². The number of carbonyl (C=O) groups is 1. The number of hydrogen-bond acceptors (Lipinski definition) is 3. The van der Waals surface area contributed by atoms with Gasteiger partial charge in [0.25, 0.3) is 0 Å². The quantitative estimate of drug-likeness (QED) is 0.880. The predicted octanol–water partition coefficient (Wildman–Crippen LogP) is 2.88. The summed E-state index contributed by atoms with van der Waals surface area (Å²) in [4.78, 5) is 14.6. The van der Waals surface area contributed by atoms with Gasteiger partial charge in [-0.25, -0.2) is 0 Å². The van der Waals surface area contributed by atoms with E-state index in [-0.39, 0.29) is 11.9 Å². The van der Waals surface area contributed by atoms with Crippen LogP contribution in [0, 0.1) is 0 Å². The van der Waals surface area contributed by atoms with Crippen LogP contribution in [0.4, 0.5) is 0 Å². The molecule has 0 radical (unpaired) electrons. The molecular formula is C20H22N2O2. The minimum Gasteiger partial charge on any atom is -0.497 e. The number of carbonyl (C=O) groups excluding carboxylic acids is 1. The molecule has 1 saturated heterocycles. The second-order valence-corrected chi connectivity index (χ2v) is 5.77. The first kappa shape index (κ1) is 16.3. The van der Waals surface area contributed by atoms with Gasteiger partial charge in [-0.05, 0) is 29.3 Å². The van der Waals surface area contributed by atoms with Gasteiger partial charge in [-0.15, -0.1) is 0 Å². The largest absolute Gasteiger partial charge is 0.497 e. The van der Waals surface area contributed by atoms with Crippen LogP contribution < -0.4 is 10.1 Å². The van der Waals surface area contributed by atoms with Gasteiger partial charge in [0.05, 0.1) is 13.2 Å². The van der Waals surface area contributed by atoms with Crippen molar-refractivity contribution < 1.29 is 9.53 Å². The molecule has 4 nitrogen and oxygen atoms in total. The van der Waals surface area contributed by atoms with Gasteiger partial charge in [-0.1, -0.05) is 42.5 Å². The zero-order valence-corrected chi connectivity index (χ0v) is 13.8. The van der Waals surface area contributed by atoms with Gasteiger partial charge in [-0.2, -0.15) is 0 Å². The van der Waals surface area contributed by atoms with Gasteiger partial charge in [0.2, 0.25) is 5.91 Å². The van der Waals surface area contributed by atoms with E-state index in [0.29, 0.717) is 6.54 Å². The number of amides is 1. The first-order chi connectivity index (χ1) is 11.8. The van der Waals surface area contributed by atoms with Crippen molar-refractivity contribution in [2.45, 2.75) is 6.04 Å². The van der Waals surface area contributed by atoms with Gasteiger partial charge in [-0.3, -0.25) is 4.79 Å². The predicted molar refractivity (Wildman–Crippen MR) is 95.8 cm³/mol. The topological polar surface area (TPSA) is 41.6 Å².